The van der Waals surface area contributed by atoms with Gasteiger partial charge in [-0.25, -0.2) is 0 Å². The molecule has 0 aromatic heterocycles. The lowest BCUT2D eigenvalue weighted by Crippen LogP contribution is -2.45. The van der Waals surface area contributed by atoms with Gasteiger partial charge in [0.15, 0.2) is 5.11 Å². The summed E-state index contributed by atoms with van der Waals surface area (Å²) in [6.07, 6.45) is 2.34. The lowest BCUT2D eigenvalue weighted by atomic mass is 10.00. The Kier molecular flexibility index (Phi) is 3.67. The van der Waals surface area contributed by atoms with Crippen molar-refractivity contribution >= 4 is 23.0 Å². The summed E-state index contributed by atoms with van der Waals surface area (Å²) >= 11 is 5.47. The molecule has 1 aromatic rings. The van der Waals surface area contributed by atoms with Crippen LogP contribution < -0.4 is 10.2 Å². The van der Waals surface area contributed by atoms with Crippen LogP contribution in [0.5, 0.6) is 0 Å². The monoisotopic (exact) mass is 248 g/mol. The van der Waals surface area contributed by atoms with E-state index < -0.39 is 0 Å². The third-order valence-electron chi connectivity index (χ3n) is 3.01. The fraction of sp³-hybridized carbons (Fsp3) is 0.500. The molecule has 92 valence electrons. The summed E-state index contributed by atoms with van der Waals surface area (Å²) in [5, 5.41) is 4.18. The zero-order chi connectivity index (χ0) is 12.4. The highest BCUT2D eigenvalue weighted by molar-refractivity contribution is 7.80. The molecular formula is C14H20N2S. The summed E-state index contributed by atoms with van der Waals surface area (Å²) in [6, 6.07) is 7.02. The molecule has 2 nitrogen and oxygen atoms in total. The highest BCUT2D eigenvalue weighted by Gasteiger charge is 2.20. The standard InChI is InChI=1S/C14H20N2S/c1-10(2)15-14(17)16-8-4-5-12-9-11(3)6-7-13(12)16/h6-7,9-10H,4-5,8H2,1-3H3,(H,15,17). The number of hydrogen-bond donors (Lipinski definition) is 1. The molecule has 1 N–H and O–H groups in total. The molecule has 0 aliphatic carbocycles. The fourth-order valence-corrected chi connectivity index (χ4v) is 2.69. The Morgan fingerprint density at radius 2 is 2.18 bits per heavy atom. The highest BCUT2D eigenvalue weighted by atomic mass is 32.1. The van der Waals surface area contributed by atoms with Crippen molar-refractivity contribution in [3.8, 4) is 0 Å². The van der Waals surface area contributed by atoms with Gasteiger partial charge >= 0.3 is 0 Å². The number of anilines is 1. The van der Waals surface area contributed by atoms with Gasteiger partial charge in [0.1, 0.15) is 0 Å². The van der Waals surface area contributed by atoms with E-state index in [9.17, 15) is 0 Å². The minimum atomic E-state index is 0.387. The Bertz CT molecular complexity index is 426. The van der Waals surface area contributed by atoms with E-state index in [4.69, 9.17) is 12.2 Å². The maximum atomic E-state index is 5.47. The average molecular weight is 248 g/mol. The van der Waals surface area contributed by atoms with Crippen LogP contribution in [0.3, 0.4) is 0 Å². The molecule has 17 heavy (non-hydrogen) atoms. The van der Waals surface area contributed by atoms with Gasteiger partial charge in [0.2, 0.25) is 0 Å². The van der Waals surface area contributed by atoms with Gasteiger partial charge in [-0.2, -0.15) is 0 Å². The van der Waals surface area contributed by atoms with E-state index in [1.54, 1.807) is 0 Å². The lowest BCUT2D eigenvalue weighted by molar-refractivity contribution is 0.708. The number of fused-ring (bicyclic) bond motifs is 1. The molecule has 3 heteroatoms. The molecule has 1 heterocycles. The van der Waals surface area contributed by atoms with Crippen molar-refractivity contribution < 1.29 is 0 Å². The van der Waals surface area contributed by atoms with Crippen LogP contribution in [-0.4, -0.2) is 17.7 Å². The van der Waals surface area contributed by atoms with E-state index in [1.807, 2.05) is 0 Å². The first kappa shape index (κ1) is 12.4. The molecule has 0 radical (unpaired) electrons. The van der Waals surface area contributed by atoms with Gasteiger partial charge in [-0.15, -0.1) is 0 Å². The Labute approximate surface area is 109 Å². The Morgan fingerprint density at radius 3 is 2.88 bits per heavy atom. The summed E-state index contributed by atoms with van der Waals surface area (Å²) in [5.41, 5.74) is 4.03. The van der Waals surface area contributed by atoms with Crippen LogP contribution in [0.15, 0.2) is 18.2 Å². The van der Waals surface area contributed by atoms with Crippen LogP contribution in [-0.2, 0) is 6.42 Å². The first-order valence-electron chi connectivity index (χ1n) is 6.25. The maximum absolute atomic E-state index is 5.47. The molecule has 0 spiro atoms. The van der Waals surface area contributed by atoms with E-state index in [0.717, 1.165) is 18.1 Å². The van der Waals surface area contributed by atoms with Crippen LogP contribution in [0.25, 0.3) is 0 Å². The quantitative estimate of drug-likeness (QED) is 0.769. The number of hydrogen-bond acceptors (Lipinski definition) is 1. The third kappa shape index (κ3) is 2.78. The fourth-order valence-electron chi connectivity index (χ4n) is 2.26. The molecular weight excluding hydrogens is 228 g/mol. The minimum absolute atomic E-state index is 0.387. The van der Waals surface area contributed by atoms with Crippen LogP contribution in [0.2, 0.25) is 0 Å². The summed E-state index contributed by atoms with van der Waals surface area (Å²) in [7, 11) is 0. The second kappa shape index (κ2) is 5.05. The van der Waals surface area contributed by atoms with Crippen molar-refractivity contribution in [1.82, 2.24) is 5.32 Å². The summed E-state index contributed by atoms with van der Waals surface area (Å²) in [5.74, 6) is 0. The van der Waals surface area contributed by atoms with Crippen LogP contribution in [0, 0.1) is 6.92 Å². The predicted octanol–water partition coefficient (Wildman–Crippen LogP) is 3.03. The van der Waals surface area contributed by atoms with E-state index in [1.165, 1.54) is 23.2 Å². The van der Waals surface area contributed by atoms with Crippen molar-refractivity contribution in [1.29, 1.82) is 0 Å². The van der Waals surface area contributed by atoms with Crippen LogP contribution in [0.4, 0.5) is 5.69 Å². The van der Waals surface area contributed by atoms with Crippen molar-refractivity contribution in [3.05, 3.63) is 29.3 Å². The second-order valence-corrected chi connectivity index (χ2v) is 5.38. The molecule has 1 aliphatic heterocycles. The summed E-state index contributed by atoms with van der Waals surface area (Å²) in [4.78, 5) is 2.23. The third-order valence-corrected chi connectivity index (χ3v) is 3.35. The number of nitrogens with one attached hydrogen (secondary N) is 1. The first-order chi connectivity index (χ1) is 8.08. The molecule has 0 bridgehead atoms. The van der Waals surface area contributed by atoms with Gasteiger partial charge in [0, 0.05) is 18.3 Å². The SMILES string of the molecule is Cc1ccc2c(c1)CCCN2C(=S)NC(C)C. The summed E-state index contributed by atoms with van der Waals surface area (Å²) < 4.78 is 0. The first-order valence-corrected chi connectivity index (χ1v) is 6.66. The Balaban J connectivity index is 2.25. The van der Waals surface area contributed by atoms with Gasteiger partial charge < -0.3 is 10.2 Å². The van der Waals surface area contributed by atoms with Crippen molar-refractivity contribution in [2.75, 3.05) is 11.4 Å². The number of aryl methyl sites for hydroxylation is 2. The topological polar surface area (TPSA) is 15.3 Å². The zero-order valence-electron chi connectivity index (χ0n) is 10.8. The van der Waals surface area contributed by atoms with Gasteiger partial charge in [-0.1, -0.05) is 17.7 Å². The number of nitrogens with zero attached hydrogens (tertiary/aromatic N) is 1. The Morgan fingerprint density at radius 1 is 1.41 bits per heavy atom. The number of thiocarbonyl (C=S) groups is 1. The molecule has 0 fully saturated rings. The molecule has 0 unspecified atom stereocenters. The molecule has 2 rings (SSSR count). The van der Waals surface area contributed by atoms with E-state index in [-0.39, 0.29) is 0 Å². The number of benzene rings is 1. The normalized spacial score (nSPS) is 14.7. The van der Waals surface area contributed by atoms with E-state index in [0.29, 0.717) is 6.04 Å². The highest BCUT2D eigenvalue weighted by Crippen LogP contribution is 2.28. The average Bonchev–Trinajstić information content (AvgIpc) is 2.26. The molecule has 0 saturated heterocycles. The van der Waals surface area contributed by atoms with Gasteiger partial charge in [-0.3, -0.25) is 0 Å². The van der Waals surface area contributed by atoms with Crippen molar-refractivity contribution in [3.63, 3.8) is 0 Å². The second-order valence-electron chi connectivity index (χ2n) is 4.99. The van der Waals surface area contributed by atoms with E-state index in [2.05, 4.69) is 49.2 Å². The Hall–Kier alpha value is -1.09. The smallest absolute Gasteiger partial charge is 0.173 e. The largest absolute Gasteiger partial charge is 0.360 e. The van der Waals surface area contributed by atoms with Gasteiger partial charge in [-0.05, 0) is 57.5 Å². The predicted molar refractivity (Wildman–Crippen MR) is 77.7 cm³/mol. The number of rotatable bonds is 1. The molecule has 0 amide bonds. The van der Waals surface area contributed by atoms with Crippen molar-refractivity contribution in [2.45, 2.75) is 39.7 Å². The van der Waals surface area contributed by atoms with E-state index >= 15 is 0 Å². The van der Waals surface area contributed by atoms with Gasteiger partial charge in [0.25, 0.3) is 0 Å². The lowest BCUT2D eigenvalue weighted by Gasteiger charge is -2.32. The van der Waals surface area contributed by atoms with Gasteiger partial charge in [0.05, 0.1) is 0 Å². The minimum Gasteiger partial charge on any atom is -0.360 e. The van der Waals surface area contributed by atoms with Crippen LogP contribution >= 0.6 is 12.2 Å². The zero-order valence-corrected chi connectivity index (χ0v) is 11.6. The summed E-state index contributed by atoms with van der Waals surface area (Å²) in [6.45, 7) is 7.40. The molecule has 1 aliphatic rings. The van der Waals surface area contributed by atoms with Crippen molar-refractivity contribution in [2.24, 2.45) is 0 Å². The molecule has 1 aromatic carbocycles. The van der Waals surface area contributed by atoms with Crippen LogP contribution in [0.1, 0.15) is 31.4 Å². The maximum Gasteiger partial charge on any atom is 0.173 e. The molecule has 0 saturated carbocycles. The molecule has 0 atom stereocenters.